The number of amides is 1. The Balaban J connectivity index is 1.47. The van der Waals surface area contributed by atoms with E-state index in [0.29, 0.717) is 42.5 Å². The molecule has 1 amide bonds. The first kappa shape index (κ1) is 23.8. The van der Waals surface area contributed by atoms with Gasteiger partial charge in [-0.15, -0.1) is 0 Å². The summed E-state index contributed by atoms with van der Waals surface area (Å²) in [7, 11) is 2.77. The van der Waals surface area contributed by atoms with Crippen molar-refractivity contribution in [2.45, 2.75) is 12.5 Å². The lowest BCUT2D eigenvalue weighted by molar-refractivity contribution is -0.131. The van der Waals surface area contributed by atoms with Gasteiger partial charge in [0.05, 0.1) is 14.2 Å². The number of methoxy groups -OCH3 is 2. The normalized spacial score (nSPS) is 14.9. The maximum Gasteiger partial charge on any atom is 0.228 e. The number of ether oxygens (including phenoxy) is 2. The van der Waals surface area contributed by atoms with Crippen molar-refractivity contribution in [2.75, 3.05) is 51.0 Å². The molecule has 1 aliphatic heterocycles. The van der Waals surface area contributed by atoms with E-state index in [-0.39, 0.29) is 35.2 Å². The van der Waals surface area contributed by atoms with E-state index in [1.54, 1.807) is 23.1 Å². The summed E-state index contributed by atoms with van der Waals surface area (Å²) in [5.41, 5.74) is 13.2. The maximum absolute atomic E-state index is 15.1. The van der Waals surface area contributed by atoms with Gasteiger partial charge < -0.3 is 30.7 Å². The summed E-state index contributed by atoms with van der Waals surface area (Å²) < 4.78 is 25.4. The number of piperazine rings is 1. The topological polar surface area (TPSA) is 120 Å². The summed E-state index contributed by atoms with van der Waals surface area (Å²) >= 11 is 6.02. The molecule has 11 heteroatoms. The minimum Gasteiger partial charge on any atom is -0.493 e. The van der Waals surface area contributed by atoms with Gasteiger partial charge in [-0.25, -0.2) is 9.37 Å². The zero-order valence-electron chi connectivity index (χ0n) is 18.9. The summed E-state index contributed by atoms with van der Waals surface area (Å²) in [4.78, 5) is 25.2. The SMILES string of the molecule is COc1cc2c(N)nc(N3CCN(C(=O)CC(N)c4cccc(Cl)c4)CC3)nc2c(F)c1OC. The molecule has 0 radical (unpaired) electrons. The Morgan fingerprint density at radius 3 is 2.56 bits per heavy atom. The van der Waals surface area contributed by atoms with Gasteiger partial charge in [-0.05, 0) is 23.8 Å². The molecule has 34 heavy (non-hydrogen) atoms. The molecule has 3 aromatic rings. The van der Waals surface area contributed by atoms with Gasteiger partial charge >= 0.3 is 0 Å². The van der Waals surface area contributed by atoms with E-state index in [1.807, 2.05) is 17.0 Å². The van der Waals surface area contributed by atoms with Crippen molar-refractivity contribution in [3.05, 3.63) is 46.7 Å². The first-order chi connectivity index (χ1) is 16.3. The highest BCUT2D eigenvalue weighted by Crippen LogP contribution is 2.37. The van der Waals surface area contributed by atoms with Gasteiger partial charge in [0.15, 0.2) is 17.3 Å². The van der Waals surface area contributed by atoms with Crippen molar-refractivity contribution < 1.29 is 18.7 Å². The third-order valence-corrected chi connectivity index (χ3v) is 6.12. The molecule has 1 fully saturated rings. The van der Waals surface area contributed by atoms with Crippen LogP contribution in [-0.4, -0.2) is 61.2 Å². The van der Waals surface area contributed by atoms with E-state index in [2.05, 4.69) is 9.97 Å². The number of carbonyl (C=O) groups excluding carboxylic acids is 1. The number of hydrogen-bond donors (Lipinski definition) is 2. The van der Waals surface area contributed by atoms with Gasteiger partial charge in [0, 0.05) is 49.1 Å². The standard InChI is InChI=1S/C23H26ClFN6O3/c1-33-17-11-15-20(19(25)21(17)34-2)28-23(29-22(15)27)31-8-6-30(7-9-31)18(32)12-16(26)13-4-3-5-14(24)10-13/h3-5,10-11,16H,6-9,12,26H2,1-2H3,(H2,27,28,29). The predicted octanol–water partition coefficient (Wildman–Crippen LogP) is 2.76. The molecule has 1 unspecified atom stereocenters. The average molecular weight is 489 g/mol. The lowest BCUT2D eigenvalue weighted by atomic mass is 10.0. The summed E-state index contributed by atoms with van der Waals surface area (Å²) in [5, 5.41) is 0.916. The van der Waals surface area contributed by atoms with Gasteiger partial charge in [-0.3, -0.25) is 4.79 Å². The van der Waals surface area contributed by atoms with Crippen LogP contribution in [0.5, 0.6) is 11.5 Å². The first-order valence-electron chi connectivity index (χ1n) is 10.7. The summed E-state index contributed by atoms with van der Waals surface area (Å²) in [6.45, 7) is 1.85. The zero-order chi connectivity index (χ0) is 24.4. The Hall–Kier alpha value is -3.37. The number of rotatable bonds is 6. The molecule has 4 N–H and O–H groups in total. The van der Waals surface area contributed by atoms with Crippen LogP contribution in [0.2, 0.25) is 5.02 Å². The Bertz CT molecular complexity index is 1220. The smallest absolute Gasteiger partial charge is 0.228 e. The number of nitrogens with zero attached hydrogens (tertiary/aromatic N) is 4. The molecule has 0 spiro atoms. The molecule has 4 rings (SSSR count). The number of fused-ring (bicyclic) bond motifs is 1. The molecule has 9 nitrogen and oxygen atoms in total. The molecule has 1 aliphatic rings. The van der Waals surface area contributed by atoms with Gasteiger partial charge in [0.1, 0.15) is 11.3 Å². The maximum atomic E-state index is 15.1. The molecule has 1 atom stereocenters. The minimum absolute atomic E-state index is 0.0473. The molecule has 180 valence electrons. The van der Waals surface area contributed by atoms with E-state index in [9.17, 15) is 4.79 Å². The Morgan fingerprint density at radius 1 is 1.18 bits per heavy atom. The van der Waals surface area contributed by atoms with Crippen LogP contribution in [0.3, 0.4) is 0 Å². The monoisotopic (exact) mass is 488 g/mol. The zero-order valence-corrected chi connectivity index (χ0v) is 19.7. The van der Waals surface area contributed by atoms with Crippen molar-refractivity contribution in [1.29, 1.82) is 0 Å². The van der Waals surface area contributed by atoms with Crippen molar-refractivity contribution in [1.82, 2.24) is 14.9 Å². The lowest BCUT2D eigenvalue weighted by Gasteiger charge is -2.35. The molecule has 1 aromatic heterocycles. The van der Waals surface area contributed by atoms with Crippen molar-refractivity contribution in [3.63, 3.8) is 0 Å². The Morgan fingerprint density at radius 2 is 1.91 bits per heavy atom. The third-order valence-electron chi connectivity index (χ3n) is 5.88. The van der Waals surface area contributed by atoms with E-state index in [1.165, 1.54) is 14.2 Å². The fraction of sp³-hybridized carbons (Fsp3) is 0.348. The lowest BCUT2D eigenvalue weighted by Crippen LogP contribution is -2.49. The van der Waals surface area contributed by atoms with E-state index < -0.39 is 11.9 Å². The Labute approximate surface area is 201 Å². The number of benzene rings is 2. The molecule has 2 heterocycles. The predicted molar refractivity (Wildman–Crippen MR) is 129 cm³/mol. The fourth-order valence-corrected chi connectivity index (χ4v) is 4.21. The number of halogens is 2. The molecule has 0 bridgehead atoms. The molecular weight excluding hydrogens is 463 g/mol. The second kappa shape index (κ2) is 9.86. The van der Waals surface area contributed by atoms with Crippen molar-refractivity contribution in [2.24, 2.45) is 5.73 Å². The molecule has 2 aromatic carbocycles. The average Bonchev–Trinajstić information content (AvgIpc) is 2.84. The number of aromatic nitrogens is 2. The highest BCUT2D eigenvalue weighted by molar-refractivity contribution is 6.30. The van der Waals surface area contributed by atoms with Gasteiger partial charge in [0.25, 0.3) is 0 Å². The van der Waals surface area contributed by atoms with E-state index >= 15 is 4.39 Å². The number of hydrogen-bond acceptors (Lipinski definition) is 8. The summed E-state index contributed by atoms with van der Waals surface area (Å²) in [6.07, 6.45) is 0.173. The second-order valence-corrected chi connectivity index (χ2v) is 8.40. The highest BCUT2D eigenvalue weighted by Gasteiger charge is 2.26. The largest absolute Gasteiger partial charge is 0.493 e. The van der Waals surface area contributed by atoms with Crippen LogP contribution < -0.4 is 25.8 Å². The van der Waals surface area contributed by atoms with Crippen LogP contribution in [0, 0.1) is 5.82 Å². The first-order valence-corrected chi connectivity index (χ1v) is 11.1. The highest BCUT2D eigenvalue weighted by atomic mass is 35.5. The number of nitrogen functional groups attached to an aromatic ring is 1. The summed E-state index contributed by atoms with van der Waals surface area (Å²) in [5.74, 6) is -0.140. The molecule has 0 aliphatic carbocycles. The van der Waals surface area contributed by atoms with Crippen LogP contribution in [-0.2, 0) is 4.79 Å². The second-order valence-electron chi connectivity index (χ2n) is 7.96. The van der Waals surface area contributed by atoms with Gasteiger partial charge in [0.2, 0.25) is 11.9 Å². The van der Waals surface area contributed by atoms with Crippen LogP contribution in [0.4, 0.5) is 16.2 Å². The number of nitrogens with two attached hydrogens (primary N) is 2. The van der Waals surface area contributed by atoms with Crippen LogP contribution in [0.15, 0.2) is 30.3 Å². The number of anilines is 2. The minimum atomic E-state index is -0.670. The van der Waals surface area contributed by atoms with Gasteiger partial charge in [-0.2, -0.15) is 4.98 Å². The summed E-state index contributed by atoms with van der Waals surface area (Å²) in [6, 6.07) is 8.30. The third kappa shape index (κ3) is 4.64. The number of carbonyl (C=O) groups is 1. The van der Waals surface area contributed by atoms with Gasteiger partial charge in [-0.1, -0.05) is 23.7 Å². The molecule has 0 saturated carbocycles. The van der Waals surface area contributed by atoms with E-state index in [0.717, 1.165) is 5.56 Å². The molecule has 1 saturated heterocycles. The van der Waals surface area contributed by atoms with E-state index in [4.69, 9.17) is 32.5 Å². The van der Waals surface area contributed by atoms with Crippen molar-refractivity contribution >= 4 is 40.2 Å². The van der Waals surface area contributed by atoms with Crippen LogP contribution >= 0.6 is 11.6 Å². The Kier molecular flexibility index (Phi) is 6.90. The van der Waals surface area contributed by atoms with Crippen LogP contribution in [0.25, 0.3) is 10.9 Å². The fourth-order valence-electron chi connectivity index (χ4n) is 4.01. The van der Waals surface area contributed by atoms with Crippen molar-refractivity contribution in [3.8, 4) is 11.5 Å². The quantitative estimate of drug-likeness (QED) is 0.543. The molecular formula is C23H26ClFN6O3. The van der Waals surface area contributed by atoms with Crippen LogP contribution in [0.1, 0.15) is 18.0 Å².